The minimum atomic E-state index is -4.75. The molecule has 0 saturated carbocycles. The van der Waals surface area contributed by atoms with Crippen molar-refractivity contribution in [2.75, 3.05) is 4.90 Å². The molecular formula is C53H51N3O10S2. The maximum absolute atomic E-state index is 12.4. The quantitative estimate of drug-likeness (QED) is 0.0607. The Hall–Kier alpha value is -6.91. The van der Waals surface area contributed by atoms with E-state index in [4.69, 9.17) is 0 Å². The van der Waals surface area contributed by atoms with E-state index in [-0.39, 0.29) is 20.9 Å². The lowest BCUT2D eigenvalue weighted by atomic mass is 9.81. The van der Waals surface area contributed by atoms with E-state index in [1.165, 1.54) is 24.3 Å². The summed E-state index contributed by atoms with van der Waals surface area (Å²) in [6.45, 7) is 9.16. The molecule has 13 nitrogen and oxygen atoms in total. The molecule has 0 spiro atoms. The molecule has 0 amide bonds. The van der Waals surface area contributed by atoms with Crippen LogP contribution < -0.4 is 10.2 Å². The van der Waals surface area contributed by atoms with Gasteiger partial charge in [-0.15, -0.1) is 0 Å². The molecule has 1 aliphatic carbocycles. The molecule has 5 aromatic carbocycles. The summed E-state index contributed by atoms with van der Waals surface area (Å²) in [4.78, 5) is 24.9. The van der Waals surface area contributed by atoms with Gasteiger partial charge < -0.3 is 25.0 Å². The molecule has 0 fully saturated rings. The number of carboxylic acids is 2. The smallest absolute Gasteiger partial charge is 0.335 e. The second-order valence-electron chi connectivity index (χ2n) is 18.3. The number of allylic oxidation sites excluding steroid dienone is 7. The zero-order chi connectivity index (χ0) is 48.8. The average molecular weight is 954 g/mol. The first-order valence-corrected chi connectivity index (χ1v) is 24.9. The molecule has 0 unspecified atom stereocenters. The largest absolute Gasteiger partial charge is 0.744 e. The van der Waals surface area contributed by atoms with Crippen LogP contribution in [0.2, 0.25) is 0 Å². The predicted molar refractivity (Wildman–Crippen MR) is 258 cm³/mol. The summed E-state index contributed by atoms with van der Waals surface area (Å²) in [6.07, 6.45) is 10.5. The molecule has 8 rings (SSSR count). The van der Waals surface area contributed by atoms with Gasteiger partial charge >= 0.3 is 11.9 Å². The molecule has 2 aliphatic heterocycles. The number of nitrogens with one attached hydrogen (secondary N) is 1. The maximum atomic E-state index is 12.4. The van der Waals surface area contributed by atoms with Crippen molar-refractivity contribution < 1.29 is 50.3 Å². The van der Waals surface area contributed by atoms with Gasteiger partial charge in [0.25, 0.3) is 10.1 Å². The lowest BCUT2D eigenvalue weighted by Crippen LogP contribution is -2.28. The predicted octanol–water partition coefficient (Wildman–Crippen LogP) is 9.40. The van der Waals surface area contributed by atoms with Gasteiger partial charge in [0, 0.05) is 58.9 Å². The number of anilines is 1. The molecule has 0 saturated heterocycles. The van der Waals surface area contributed by atoms with Gasteiger partial charge in [-0.05, 0) is 122 Å². The molecule has 15 heteroatoms. The van der Waals surface area contributed by atoms with E-state index in [2.05, 4.69) is 33.0 Å². The number of carbonyl (C=O) groups is 2. The molecule has 0 aromatic heterocycles. The summed E-state index contributed by atoms with van der Waals surface area (Å²) in [5.41, 5.74) is 9.02. The van der Waals surface area contributed by atoms with Gasteiger partial charge in [0.2, 0.25) is 5.69 Å². The normalized spacial score (nSPS) is 17.8. The molecule has 2 heterocycles. The van der Waals surface area contributed by atoms with Crippen molar-refractivity contribution >= 4 is 49.3 Å². The Labute approximate surface area is 396 Å². The van der Waals surface area contributed by atoms with Crippen LogP contribution in [-0.2, 0) is 50.7 Å². The van der Waals surface area contributed by atoms with E-state index in [0.29, 0.717) is 30.8 Å². The number of benzene rings is 5. The number of carboxylic acid groups (broad SMARTS) is 2. The van der Waals surface area contributed by atoms with Gasteiger partial charge in [-0.3, -0.25) is 4.55 Å². The fourth-order valence-electron chi connectivity index (χ4n) is 9.47. The van der Waals surface area contributed by atoms with Crippen LogP contribution in [0.3, 0.4) is 0 Å². The highest BCUT2D eigenvalue weighted by molar-refractivity contribution is 7.86. The summed E-state index contributed by atoms with van der Waals surface area (Å²) >= 11 is 0. The van der Waals surface area contributed by atoms with E-state index >= 15 is 0 Å². The Balaban J connectivity index is 1.24. The fraction of sp³-hybridized carbons (Fsp3) is 0.226. The van der Waals surface area contributed by atoms with Crippen molar-refractivity contribution in [3.63, 3.8) is 0 Å². The van der Waals surface area contributed by atoms with Crippen molar-refractivity contribution in [2.45, 2.75) is 87.2 Å². The van der Waals surface area contributed by atoms with Crippen molar-refractivity contribution in [3.05, 3.63) is 201 Å². The maximum Gasteiger partial charge on any atom is 0.335 e. The van der Waals surface area contributed by atoms with Gasteiger partial charge in [0.1, 0.15) is 10.1 Å². The van der Waals surface area contributed by atoms with E-state index in [9.17, 15) is 45.7 Å². The Morgan fingerprint density at radius 2 is 1.34 bits per heavy atom. The van der Waals surface area contributed by atoms with Crippen LogP contribution in [0, 0.1) is 0 Å². The first kappa shape index (κ1) is 47.6. The first-order chi connectivity index (χ1) is 32.1. The molecule has 0 radical (unpaired) electrons. The number of rotatable bonds is 14. The first-order valence-electron chi connectivity index (χ1n) is 22.0. The molecular weight excluding hydrogens is 903 g/mol. The second kappa shape index (κ2) is 18.3. The monoisotopic (exact) mass is 953 g/mol. The second-order valence-corrected chi connectivity index (χ2v) is 21.1. The highest BCUT2D eigenvalue weighted by Gasteiger charge is 2.45. The van der Waals surface area contributed by atoms with E-state index in [0.717, 1.165) is 75.6 Å². The third kappa shape index (κ3) is 9.60. The van der Waals surface area contributed by atoms with Crippen molar-refractivity contribution in [1.29, 1.82) is 0 Å². The molecule has 5 aromatic rings. The zero-order valence-corrected chi connectivity index (χ0v) is 39.6. The number of fused-ring (bicyclic) bond motifs is 2. The number of nitrogens with zero attached hydrogens (tertiary/aromatic N) is 2. The van der Waals surface area contributed by atoms with Crippen molar-refractivity contribution in [1.82, 2.24) is 5.32 Å². The molecule has 0 atom stereocenters. The molecule has 4 N–H and O–H groups in total. The Bertz CT molecular complexity index is 3240. The highest BCUT2D eigenvalue weighted by atomic mass is 32.2. The average Bonchev–Trinajstić information content (AvgIpc) is 3.63. The minimum absolute atomic E-state index is 0.150. The van der Waals surface area contributed by atoms with Crippen LogP contribution in [0.25, 0.3) is 0 Å². The number of aromatic carboxylic acids is 2. The SMILES string of the molecule is CC1(C)C(/C=C/C2=C(NCc3ccccc3)C(=C\C=C3\N(Cc4ccc(C(=O)O)cc4)c4ccc(S(=O)(=O)O)cc4C3(C)C)/CCC2)=[N+](Cc2ccc(C(=O)O)cc2)c2ccc(S(=O)(=O)[O-])cc21. The van der Waals surface area contributed by atoms with Gasteiger partial charge in [-0.1, -0.05) is 80.6 Å². The summed E-state index contributed by atoms with van der Waals surface area (Å²) in [6, 6.07) is 32.2. The van der Waals surface area contributed by atoms with Crippen LogP contribution in [-0.4, -0.2) is 58.4 Å². The summed E-state index contributed by atoms with van der Waals surface area (Å²) in [7, 11) is -9.26. The van der Waals surface area contributed by atoms with Crippen LogP contribution in [0.15, 0.2) is 172 Å². The van der Waals surface area contributed by atoms with Crippen molar-refractivity contribution in [3.8, 4) is 0 Å². The van der Waals surface area contributed by atoms with Crippen LogP contribution in [0.5, 0.6) is 0 Å². The van der Waals surface area contributed by atoms with Gasteiger partial charge in [0.05, 0.1) is 26.3 Å². The van der Waals surface area contributed by atoms with Crippen molar-refractivity contribution in [2.24, 2.45) is 0 Å². The molecule has 3 aliphatic rings. The van der Waals surface area contributed by atoms with E-state index in [1.54, 1.807) is 60.7 Å². The lowest BCUT2D eigenvalue weighted by molar-refractivity contribution is -0.455. The molecule has 350 valence electrons. The van der Waals surface area contributed by atoms with E-state index in [1.807, 2.05) is 64.1 Å². The van der Waals surface area contributed by atoms with Crippen LogP contribution in [0.1, 0.15) is 95.5 Å². The van der Waals surface area contributed by atoms with Gasteiger partial charge in [-0.25, -0.2) is 18.0 Å². The number of hydrogen-bond donors (Lipinski definition) is 4. The zero-order valence-electron chi connectivity index (χ0n) is 37.9. The molecule has 0 bridgehead atoms. The van der Waals surface area contributed by atoms with Crippen LogP contribution >= 0.6 is 0 Å². The summed E-state index contributed by atoms with van der Waals surface area (Å²) in [5, 5.41) is 22.8. The molecule has 68 heavy (non-hydrogen) atoms. The Morgan fingerprint density at radius 3 is 1.96 bits per heavy atom. The standard InChI is InChI=1S/C53H51N3O10S2/c1-52(2)43-29-41(67(61,62)63)23-25-45(43)55(32-35-13-17-39(18-14-35)50(57)58)47(52)27-21-37-11-8-12-38(49(37)54-31-34-9-6-5-7-10-34)22-28-48-53(3,4)44-30-42(68(64,65)66)24-26-46(44)56(48)33-36-15-19-40(20-16-36)51(59)60/h5-7,9-10,13-30H,8,11-12,31-33H2,1-4H3,(H4,57,58,59,60,61,62,63,64,65,66)/b37-21-,47-27+. The van der Waals surface area contributed by atoms with Gasteiger partial charge in [-0.2, -0.15) is 13.0 Å². The summed E-state index contributed by atoms with van der Waals surface area (Å²) in [5.74, 6) is -2.08. The topological polar surface area (TPSA) is 204 Å². The van der Waals surface area contributed by atoms with Gasteiger partial charge in [0.15, 0.2) is 12.3 Å². The summed E-state index contributed by atoms with van der Waals surface area (Å²) < 4.78 is 73.6. The Morgan fingerprint density at radius 1 is 0.721 bits per heavy atom. The third-order valence-electron chi connectivity index (χ3n) is 13.1. The lowest BCUT2D eigenvalue weighted by Gasteiger charge is -2.28. The Kier molecular flexibility index (Phi) is 12.8. The third-order valence-corrected chi connectivity index (χ3v) is 14.8. The fourth-order valence-corrected chi connectivity index (χ4v) is 10.5. The highest BCUT2D eigenvalue weighted by Crippen LogP contribution is 2.49. The van der Waals surface area contributed by atoms with Crippen LogP contribution in [0.4, 0.5) is 11.4 Å². The minimum Gasteiger partial charge on any atom is -0.744 e. The van der Waals surface area contributed by atoms with E-state index < -0.39 is 43.0 Å². The number of hydrogen-bond acceptors (Lipinski definition) is 9.